The molecular formula is C19H28NaO5S. The molecule has 0 aromatic rings. The molecule has 5 nitrogen and oxygen atoms in total. The van der Waals surface area contributed by atoms with Crippen LogP contribution in [0.1, 0.15) is 65.2 Å². The van der Waals surface area contributed by atoms with Crippen molar-refractivity contribution in [3.05, 3.63) is 11.6 Å². The summed E-state index contributed by atoms with van der Waals surface area (Å²) in [6.45, 7) is 4.50. The van der Waals surface area contributed by atoms with Gasteiger partial charge in [0.2, 0.25) is 0 Å². The van der Waals surface area contributed by atoms with E-state index in [2.05, 4.69) is 19.9 Å². The van der Waals surface area contributed by atoms with Crippen molar-refractivity contribution < 1.29 is 21.9 Å². The third-order valence-electron chi connectivity index (χ3n) is 8.03. The zero-order valence-electron chi connectivity index (χ0n) is 16.0. The van der Waals surface area contributed by atoms with Crippen LogP contribution in [0.2, 0.25) is 0 Å². The van der Waals surface area contributed by atoms with E-state index in [1.54, 1.807) is 0 Å². The van der Waals surface area contributed by atoms with Crippen molar-refractivity contribution in [1.29, 1.82) is 0 Å². The molecule has 6 atom stereocenters. The average molecular weight is 391 g/mol. The molecule has 0 aromatic heterocycles. The third kappa shape index (κ3) is 3.29. The Labute approximate surface area is 178 Å². The number of allylic oxidation sites excluding steroid dienone is 1. The molecule has 0 aliphatic heterocycles. The van der Waals surface area contributed by atoms with Gasteiger partial charge in [0, 0.05) is 41.4 Å². The van der Waals surface area contributed by atoms with Gasteiger partial charge < -0.3 is 0 Å². The zero-order valence-corrected chi connectivity index (χ0v) is 18.8. The zero-order chi connectivity index (χ0) is 18.0. The van der Waals surface area contributed by atoms with Gasteiger partial charge in [-0.15, -0.1) is 0 Å². The summed E-state index contributed by atoms with van der Waals surface area (Å²) in [6.07, 6.45) is 8.79. The molecule has 1 radical (unpaired) electrons. The molecule has 0 amide bonds. The Morgan fingerprint density at radius 3 is 2.46 bits per heavy atom. The van der Waals surface area contributed by atoms with E-state index in [-0.39, 0.29) is 40.4 Å². The molecule has 141 valence electrons. The first kappa shape index (κ1) is 21.0. The monoisotopic (exact) mass is 391 g/mol. The molecule has 26 heavy (non-hydrogen) atoms. The van der Waals surface area contributed by atoms with Gasteiger partial charge in [-0.25, -0.2) is 4.18 Å². The predicted molar refractivity (Wildman–Crippen MR) is 98.9 cm³/mol. The van der Waals surface area contributed by atoms with Crippen molar-refractivity contribution in [2.75, 3.05) is 0 Å². The van der Waals surface area contributed by atoms with Crippen molar-refractivity contribution >= 4 is 45.7 Å². The standard InChI is InChI=1S/C19H28O5S.Na/c1-18-9-7-13(24-25(21,22)23)11-12(18)3-4-14-15-5-6-17(20)19(15,2)10-8-16(14)18;/h3,13-16H,4-11H2,1-2H3,(H,21,22,23);/t13-,14-,15-,16-,18-,19-;/m0./s1. The summed E-state index contributed by atoms with van der Waals surface area (Å²) in [4.78, 5) is 12.4. The van der Waals surface area contributed by atoms with Crippen LogP contribution in [0.4, 0.5) is 0 Å². The van der Waals surface area contributed by atoms with Crippen LogP contribution in [-0.2, 0) is 19.4 Å². The van der Waals surface area contributed by atoms with Crippen molar-refractivity contribution in [1.82, 2.24) is 0 Å². The Bertz CT molecular complexity index is 732. The van der Waals surface area contributed by atoms with Crippen LogP contribution in [0.15, 0.2) is 11.6 Å². The molecule has 3 fully saturated rings. The Hall–Kier alpha value is 0.280. The fourth-order valence-electron chi connectivity index (χ4n) is 6.65. The van der Waals surface area contributed by atoms with Crippen LogP contribution < -0.4 is 0 Å². The van der Waals surface area contributed by atoms with Crippen molar-refractivity contribution in [3.63, 3.8) is 0 Å². The molecule has 3 saturated carbocycles. The first-order valence-electron chi connectivity index (χ1n) is 9.52. The molecule has 0 heterocycles. The average Bonchev–Trinajstić information content (AvgIpc) is 2.82. The van der Waals surface area contributed by atoms with Gasteiger partial charge in [0.05, 0.1) is 6.10 Å². The van der Waals surface area contributed by atoms with E-state index in [4.69, 9.17) is 8.74 Å². The van der Waals surface area contributed by atoms with E-state index in [0.29, 0.717) is 36.4 Å². The maximum atomic E-state index is 12.4. The number of hydrogen-bond donors (Lipinski definition) is 1. The van der Waals surface area contributed by atoms with E-state index in [1.165, 1.54) is 5.57 Å². The molecule has 0 aromatic carbocycles. The molecule has 0 bridgehead atoms. The summed E-state index contributed by atoms with van der Waals surface area (Å²) in [6, 6.07) is 0. The summed E-state index contributed by atoms with van der Waals surface area (Å²) >= 11 is 0. The number of carbonyl (C=O) groups is 1. The number of hydrogen-bond acceptors (Lipinski definition) is 4. The van der Waals surface area contributed by atoms with Crippen LogP contribution in [-0.4, -0.2) is 54.4 Å². The number of Topliss-reactive ketones (excluding diaryl/α,β-unsaturated/α-hetero) is 1. The van der Waals surface area contributed by atoms with Crippen LogP contribution in [0.3, 0.4) is 0 Å². The summed E-state index contributed by atoms with van der Waals surface area (Å²) in [5.74, 6) is 2.10. The number of fused-ring (bicyclic) bond motifs is 5. The molecule has 0 spiro atoms. The summed E-state index contributed by atoms with van der Waals surface area (Å²) in [7, 11) is -4.40. The molecule has 4 aliphatic rings. The van der Waals surface area contributed by atoms with Crippen LogP contribution in [0, 0.1) is 28.6 Å². The Kier molecular flexibility index (Phi) is 5.62. The number of ketones is 1. The summed E-state index contributed by atoms with van der Waals surface area (Å²) in [5.41, 5.74) is 1.25. The second-order valence-corrected chi connectivity index (χ2v) is 10.1. The topological polar surface area (TPSA) is 80.7 Å². The minimum Gasteiger partial charge on any atom is -0.299 e. The molecule has 0 unspecified atom stereocenters. The minimum absolute atomic E-state index is 0. The minimum atomic E-state index is -4.40. The van der Waals surface area contributed by atoms with E-state index in [1.807, 2.05) is 0 Å². The summed E-state index contributed by atoms with van der Waals surface area (Å²) in [5, 5.41) is 0. The predicted octanol–water partition coefficient (Wildman–Crippen LogP) is 3.33. The molecule has 0 saturated heterocycles. The van der Waals surface area contributed by atoms with Crippen molar-refractivity contribution in [3.8, 4) is 0 Å². The fourth-order valence-corrected chi connectivity index (χ4v) is 7.16. The molecule has 7 heteroatoms. The molecule has 4 aliphatic carbocycles. The first-order chi connectivity index (χ1) is 11.6. The van der Waals surface area contributed by atoms with Gasteiger partial charge in [0.15, 0.2) is 0 Å². The van der Waals surface area contributed by atoms with E-state index in [0.717, 1.165) is 38.5 Å². The largest absolute Gasteiger partial charge is 0.397 e. The van der Waals surface area contributed by atoms with Crippen LogP contribution in [0.25, 0.3) is 0 Å². The molecular weight excluding hydrogens is 363 g/mol. The van der Waals surface area contributed by atoms with Gasteiger partial charge in [-0.1, -0.05) is 25.5 Å². The smallest absolute Gasteiger partial charge is 0.299 e. The molecule has 1 N–H and O–H groups in total. The normalized spacial score (nSPS) is 45.0. The molecule has 4 rings (SSSR count). The Morgan fingerprint density at radius 1 is 1.12 bits per heavy atom. The van der Waals surface area contributed by atoms with Crippen molar-refractivity contribution in [2.45, 2.75) is 71.3 Å². The second-order valence-electron chi connectivity index (χ2n) is 9.07. The Balaban J connectivity index is 0.00000196. The van der Waals surface area contributed by atoms with E-state index in [9.17, 15) is 13.2 Å². The van der Waals surface area contributed by atoms with Gasteiger partial charge in [0.1, 0.15) is 5.78 Å². The van der Waals surface area contributed by atoms with E-state index >= 15 is 0 Å². The van der Waals surface area contributed by atoms with Crippen LogP contribution in [0.5, 0.6) is 0 Å². The van der Waals surface area contributed by atoms with Crippen molar-refractivity contribution in [2.24, 2.45) is 28.6 Å². The number of carbonyl (C=O) groups excluding carboxylic acids is 1. The number of rotatable bonds is 2. The fraction of sp³-hybridized carbons (Fsp3) is 0.842. The Morgan fingerprint density at radius 2 is 1.77 bits per heavy atom. The van der Waals surface area contributed by atoms with E-state index < -0.39 is 16.5 Å². The van der Waals surface area contributed by atoms with Gasteiger partial charge >= 0.3 is 10.4 Å². The van der Waals surface area contributed by atoms with Gasteiger partial charge in [0.25, 0.3) is 0 Å². The summed E-state index contributed by atoms with van der Waals surface area (Å²) < 4.78 is 35.9. The maximum absolute atomic E-state index is 12.4. The van der Waals surface area contributed by atoms with Gasteiger partial charge in [-0.2, -0.15) is 8.42 Å². The maximum Gasteiger partial charge on any atom is 0.397 e. The SMILES string of the molecule is C[C@]12CC[C@H](OS(=O)(=O)O)CC1=CC[C@@H]1[C@@H]2CC[C@]2(C)C(=O)CC[C@@H]12.[Na]. The first-order valence-corrected chi connectivity index (χ1v) is 10.9. The quantitative estimate of drug-likeness (QED) is 0.444. The third-order valence-corrected chi connectivity index (χ3v) is 8.54. The van der Waals surface area contributed by atoms with Crippen LogP contribution >= 0.6 is 0 Å². The van der Waals surface area contributed by atoms with Gasteiger partial charge in [-0.3, -0.25) is 9.35 Å². The van der Waals surface area contributed by atoms with Gasteiger partial charge in [-0.05, 0) is 68.1 Å². The second kappa shape index (κ2) is 6.96.